The monoisotopic (exact) mass is 519 g/mol. The standard InChI is InChI=1S/C22H29F4N5O3S/c1-14-27-18(30-34-14)12-19(32)28-15-2-6-21(23,7-3-15)8-11-31-9-4-16-17(5-10-31)35-20(29-16)33-13-22(24,25)26/h15H,2-13H2,1H3,(H,28,32). The van der Waals surface area contributed by atoms with Gasteiger partial charge in [0.1, 0.15) is 5.67 Å². The molecule has 0 radical (unpaired) electrons. The van der Waals surface area contributed by atoms with E-state index in [1.54, 1.807) is 6.92 Å². The molecule has 1 fully saturated rings. The Morgan fingerprint density at radius 3 is 2.69 bits per heavy atom. The van der Waals surface area contributed by atoms with E-state index in [-0.39, 0.29) is 23.6 Å². The summed E-state index contributed by atoms with van der Waals surface area (Å²) in [4.78, 5) is 23.6. The van der Waals surface area contributed by atoms with Crippen molar-refractivity contribution < 1.29 is 31.6 Å². The Kier molecular flexibility index (Phi) is 7.94. The summed E-state index contributed by atoms with van der Waals surface area (Å²) < 4.78 is 62.2. The molecule has 13 heteroatoms. The predicted octanol–water partition coefficient (Wildman–Crippen LogP) is 3.58. The molecule has 0 spiro atoms. The number of aryl methyl sites for hydroxylation is 1. The number of thiazole rings is 1. The van der Waals surface area contributed by atoms with Crippen molar-refractivity contribution in [2.45, 2.75) is 76.2 Å². The van der Waals surface area contributed by atoms with Gasteiger partial charge >= 0.3 is 6.18 Å². The third kappa shape index (κ3) is 7.60. The van der Waals surface area contributed by atoms with Gasteiger partial charge in [-0.1, -0.05) is 16.5 Å². The van der Waals surface area contributed by atoms with Crippen LogP contribution in [0, 0.1) is 6.92 Å². The Morgan fingerprint density at radius 2 is 2.00 bits per heavy atom. The summed E-state index contributed by atoms with van der Waals surface area (Å²) in [5.74, 6) is 0.547. The molecule has 2 aromatic rings. The van der Waals surface area contributed by atoms with Crippen molar-refractivity contribution >= 4 is 17.2 Å². The SMILES string of the molecule is Cc1nc(CC(=O)NC2CCC(F)(CCN3CCc4nc(OCC(F)(F)F)sc4CC3)CC2)no1. The second kappa shape index (κ2) is 10.8. The van der Waals surface area contributed by atoms with Crippen molar-refractivity contribution in [3.05, 3.63) is 22.3 Å². The molecule has 1 saturated carbocycles. The van der Waals surface area contributed by atoms with E-state index in [2.05, 4.69) is 25.3 Å². The summed E-state index contributed by atoms with van der Waals surface area (Å²) >= 11 is 1.16. The fourth-order valence-corrected chi connectivity index (χ4v) is 5.48. The van der Waals surface area contributed by atoms with Gasteiger partial charge in [-0.2, -0.15) is 18.2 Å². The van der Waals surface area contributed by atoms with Crippen molar-refractivity contribution in [2.24, 2.45) is 0 Å². The van der Waals surface area contributed by atoms with Crippen molar-refractivity contribution in [1.82, 2.24) is 25.3 Å². The number of carbonyl (C=O) groups is 1. The number of fused-ring (bicyclic) bond motifs is 1. The number of hydrogen-bond acceptors (Lipinski definition) is 8. The summed E-state index contributed by atoms with van der Waals surface area (Å²) in [6, 6.07) is -0.0617. The van der Waals surface area contributed by atoms with Gasteiger partial charge in [0.2, 0.25) is 11.8 Å². The van der Waals surface area contributed by atoms with Crippen LogP contribution in [-0.4, -0.2) is 70.1 Å². The zero-order valence-electron chi connectivity index (χ0n) is 19.5. The highest BCUT2D eigenvalue weighted by Crippen LogP contribution is 2.36. The first-order chi connectivity index (χ1) is 16.6. The second-order valence-electron chi connectivity index (χ2n) is 9.24. The summed E-state index contributed by atoms with van der Waals surface area (Å²) in [6.45, 7) is 2.31. The number of carbonyl (C=O) groups excluding carboxylic acids is 1. The van der Waals surface area contributed by atoms with E-state index in [1.165, 1.54) is 0 Å². The van der Waals surface area contributed by atoms with Crippen molar-refractivity contribution in [1.29, 1.82) is 0 Å². The zero-order chi connectivity index (χ0) is 25.1. The maximum absolute atomic E-state index is 15.4. The predicted molar refractivity (Wildman–Crippen MR) is 119 cm³/mol. The fraction of sp³-hybridized carbons (Fsp3) is 0.727. The van der Waals surface area contributed by atoms with E-state index in [9.17, 15) is 18.0 Å². The number of aromatic nitrogens is 3. The number of ether oxygens (including phenoxy) is 1. The fourth-order valence-electron chi connectivity index (χ4n) is 4.54. The number of amides is 1. The normalized spacial score (nSPS) is 23.5. The van der Waals surface area contributed by atoms with E-state index in [0.717, 1.165) is 21.9 Å². The summed E-state index contributed by atoms with van der Waals surface area (Å²) in [7, 11) is 0. The number of alkyl halides is 4. The van der Waals surface area contributed by atoms with Crippen molar-refractivity contribution in [2.75, 3.05) is 26.2 Å². The van der Waals surface area contributed by atoms with Crippen LogP contribution >= 0.6 is 11.3 Å². The highest BCUT2D eigenvalue weighted by molar-refractivity contribution is 7.13. The molecule has 35 heavy (non-hydrogen) atoms. The lowest BCUT2D eigenvalue weighted by Crippen LogP contribution is -2.43. The molecule has 0 aromatic carbocycles. The average Bonchev–Trinajstić information content (AvgIpc) is 3.33. The van der Waals surface area contributed by atoms with Gasteiger partial charge in [-0.05, 0) is 38.5 Å². The van der Waals surface area contributed by atoms with Gasteiger partial charge in [-0.15, -0.1) is 0 Å². The van der Waals surface area contributed by atoms with Gasteiger partial charge in [0.15, 0.2) is 12.4 Å². The molecule has 4 rings (SSSR count). The number of halogens is 4. The molecule has 3 heterocycles. The molecule has 1 aliphatic heterocycles. The lowest BCUT2D eigenvalue weighted by molar-refractivity contribution is -0.153. The van der Waals surface area contributed by atoms with Crippen LogP contribution in [0.5, 0.6) is 5.19 Å². The van der Waals surface area contributed by atoms with Crippen LogP contribution in [0.15, 0.2) is 4.52 Å². The molecule has 1 amide bonds. The minimum Gasteiger partial charge on any atom is -0.460 e. The van der Waals surface area contributed by atoms with Crippen LogP contribution in [0.4, 0.5) is 17.6 Å². The minimum atomic E-state index is -4.39. The van der Waals surface area contributed by atoms with Crippen LogP contribution in [0.1, 0.15) is 54.4 Å². The summed E-state index contributed by atoms with van der Waals surface area (Å²) in [6.07, 6.45) is -0.725. The maximum atomic E-state index is 15.4. The van der Waals surface area contributed by atoms with E-state index in [1.807, 2.05) is 0 Å². The molecule has 0 saturated heterocycles. The van der Waals surface area contributed by atoms with Gasteiger partial charge < -0.3 is 19.5 Å². The zero-order valence-corrected chi connectivity index (χ0v) is 20.3. The Balaban J connectivity index is 1.17. The molecule has 1 N–H and O–H groups in total. The second-order valence-corrected chi connectivity index (χ2v) is 10.3. The molecule has 0 bridgehead atoms. The Morgan fingerprint density at radius 1 is 1.26 bits per heavy atom. The number of nitrogens with zero attached hydrogens (tertiary/aromatic N) is 4. The van der Waals surface area contributed by atoms with E-state index in [0.29, 0.717) is 76.3 Å². The summed E-state index contributed by atoms with van der Waals surface area (Å²) in [5, 5.41) is 6.71. The average molecular weight is 520 g/mol. The molecule has 0 unspecified atom stereocenters. The maximum Gasteiger partial charge on any atom is 0.422 e. The molecule has 194 valence electrons. The van der Waals surface area contributed by atoms with Crippen LogP contribution < -0.4 is 10.1 Å². The Labute approximate surface area is 204 Å². The largest absolute Gasteiger partial charge is 0.460 e. The van der Waals surface area contributed by atoms with E-state index in [4.69, 9.17) is 9.26 Å². The molecular weight excluding hydrogens is 490 g/mol. The quantitative estimate of drug-likeness (QED) is 0.533. The van der Waals surface area contributed by atoms with Crippen molar-refractivity contribution in [3.8, 4) is 5.19 Å². The first-order valence-corrected chi connectivity index (χ1v) is 12.6. The molecule has 1 aliphatic carbocycles. The minimum absolute atomic E-state index is 0.0415. The lowest BCUT2D eigenvalue weighted by Gasteiger charge is -2.35. The van der Waals surface area contributed by atoms with Gasteiger partial charge in [-0.3, -0.25) is 4.79 Å². The van der Waals surface area contributed by atoms with Crippen LogP contribution in [0.25, 0.3) is 0 Å². The lowest BCUT2D eigenvalue weighted by atomic mass is 9.81. The van der Waals surface area contributed by atoms with Gasteiger partial charge in [0, 0.05) is 43.9 Å². The van der Waals surface area contributed by atoms with Crippen LogP contribution in [0.3, 0.4) is 0 Å². The topological polar surface area (TPSA) is 93.4 Å². The molecule has 0 atom stereocenters. The number of hydrogen-bond donors (Lipinski definition) is 1. The highest BCUT2D eigenvalue weighted by Gasteiger charge is 2.36. The smallest absolute Gasteiger partial charge is 0.422 e. The third-order valence-electron chi connectivity index (χ3n) is 6.45. The number of nitrogens with one attached hydrogen (secondary N) is 1. The van der Waals surface area contributed by atoms with Crippen LogP contribution in [-0.2, 0) is 24.1 Å². The molecular formula is C22H29F4N5O3S. The summed E-state index contributed by atoms with van der Waals surface area (Å²) in [5.41, 5.74) is -0.489. The molecule has 8 nitrogen and oxygen atoms in total. The van der Waals surface area contributed by atoms with Crippen LogP contribution in [0.2, 0.25) is 0 Å². The first kappa shape index (κ1) is 25.8. The van der Waals surface area contributed by atoms with Gasteiger partial charge in [-0.25, -0.2) is 9.37 Å². The van der Waals surface area contributed by atoms with Gasteiger partial charge in [0.05, 0.1) is 12.1 Å². The molecule has 2 aliphatic rings. The van der Waals surface area contributed by atoms with Gasteiger partial charge in [0.25, 0.3) is 5.19 Å². The molecule has 2 aromatic heterocycles. The highest BCUT2D eigenvalue weighted by atomic mass is 32.1. The number of rotatable bonds is 8. The third-order valence-corrected chi connectivity index (χ3v) is 7.52. The van der Waals surface area contributed by atoms with E-state index >= 15 is 4.39 Å². The van der Waals surface area contributed by atoms with Crippen molar-refractivity contribution in [3.63, 3.8) is 0 Å². The van der Waals surface area contributed by atoms with E-state index < -0.39 is 18.5 Å². The first-order valence-electron chi connectivity index (χ1n) is 11.7. The Bertz CT molecular complexity index is 978. The Hall–Kier alpha value is -2.28.